The average molecular weight is 454 g/mol. The minimum atomic E-state index is -0.578. The topological polar surface area (TPSA) is 90.5 Å². The highest BCUT2D eigenvalue weighted by Crippen LogP contribution is 2.23. The Morgan fingerprint density at radius 1 is 0.941 bits per heavy atom. The molecule has 1 amide bonds. The van der Waals surface area contributed by atoms with Gasteiger partial charge >= 0.3 is 5.97 Å². The van der Waals surface area contributed by atoms with Gasteiger partial charge in [0.1, 0.15) is 17.9 Å². The summed E-state index contributed by atoms with van der Waals surface area (Å²) in [5.41, 5.74) is 1.91. The van der Waals surface area contributed by atoms with Crippen LogP contribution >= 0.6 is 0 Å². The number of nitrogens with zero attached hydrogens (tertiary/aromatic N) is 1. The summed E-state index contributed by atoms with van der Waals surface area (Å²) in [5, 5.41) is 4.77. The second-order valence-electron chi connectivity index (χ2n) is 8.09. The quantitative estimate of drug-likeness (QED) is 0.305. The predicted molar refractivity (Wildman–Crippen MR) is 129 cm³/mol. The summed E-state index contributed by atoms with van der Waals surface area (Å²) in [6.07, 6.45) is 0. The molecule has 0 fully saturated rings. The van der Waals surface area contributed by atoms with Crippen molar-refractivity contribution in [1.82, 2.24) is 9.88 Å². The van der Waals surface area contributed by atoms with Gasteiger partial charge in [-0.25, -0.2) is 0 Å². The standard InChI is InChI=1S/C27H22N2O5/c1-17(24-14-18-8-2-7-13-23(18)34-24)28-25(30)16-33-26(31)15-29-21-11-5-3-9-19(21)27(32)20-10-4-6-12-22(20)29/h2-14,17H,15-16H2,1H3,(H,28,30). The highest BCUT2D eigenvalue weighted by atomic mass is 16.5. The van der Waals surface area contributed by atoms with Crippen molar-refractivity contribution in [3.05, 3.63) is 94.8 Å². The van der Waals surface area contributed by atoms with Crippen molar-refractivity contribution in [3.8, 4) is 0 Å². The number of hydrogen-bond acceptors (Lipinski definition) is 5. The van der Waals surface area contributed by atoms with Crippen LogP contribution in [-0.4, -0.2) is 23.1 Å². The summed E-state index contributed by atoms with van der Waals surface area (Å²) < 4.78 is 12.8. The third kappa shape index (κ3) is 4.03. The largest absolute Gasteiger partial charge is 0.459 e. The number of para-hydroxylation sites is 3. The number of hydrogen-bond donors (Lipinski definition) is 1. The molecule has 0 spiro atoms. The minimum Gasteiger partial charge on any atom is -0.459 e. The van der Waals surface area contributed by atoms with E-state index in [0.29, 0.717) is 27.6 Å². The van der Waals surface area contributed by atoms with E-state index >= 15 is 0 Å². The van der Waals surface area contributed by atoms with Gasteiger partial charge in [-0.05, 0) is 43.3 Å². The molecule has 34 heavy (non-hydrogen) atoms. The molecule has 0 aliphatic rings. The van der Waals surface area contributed by atoms with Crippen LogP contribution < -0.4 is 10.7 Å². The van der Waals surface area contributed by atoms with Crippen LogP contribution in [0, 0.1) is 0 Å². The van der Waals surface area contributed by atoms with E-state index in [-0.39, 0.29) is 18.0 Å². The van der Waals surface area contributed by atoms with Gasteiger partial charge in [0, 0.05) is 16.2 Å². The van der Waals surface area contributed by atoms with E-state index in [4.69, 9.17) is 9.15 Å². The smallest absolute Gasteiger partial charge is 0.326 e. The second-order valence-corrected chi connectivity index (χ2v) is 8.09. The molecule has 7 heteroatoms. The van der Waals surface area contributed by atoms with Gasteiger partial charge in [0.05, 0.1) is 17.1 Å². The molecular formula is C27H22N2O5. The summed E-state index contributed by atoms with van der Waals surface area (Å²) in [4.78, 5) is 37.9. The molecule has 5 rings (SSSR count). The number of esters is 1. The summed E-state index contributed by atoms with van der Waals surface area (Å²) >= 11 is 0. The number of pyridine rings is 1. The van der Waals surface area contributed by atoms with E-state index in [1.807, 2.05) is 42.5 Å². The summed E-state index contributed by atoms with van der Waals surface area (Å²) in [7, 11) is 0. The number of fused-ring (bicyclic) bond motifs is 3. The molecule has 0 saturated heterocycles. The van der Waals surface area contributed by atoms with E-state index in [9.17, 15) is 14.4 Å². The number of ether oxygens (including phenoxy) is 1. The van der Waals surface area contributed by atoms with E-state index in [0.717, 1.165) is 11.0 Å². The number of nitrogens with one attached hydrogen (secondary N) is 1. The zero-order chi connectivity index (χ0) is 23.7. The molecule has 2 heterocycles. The lowest BCUT2D eigenvalue weighted by molar-refractivity contribution is -0.149. The highest BCUT2D eigenvalue weighted by Gasteiger charge is 2.17. The Bertz CT molecular complexity index is 1500. The van der Waals surface area contributed by atoms with Gasteiger partial charge in [-0.15, -0.1) is 0 Å². The third-order valence-corrected chi connectivity index (χ3v) is 5.78. The fourth-order valence-electron chi connectivity index (χ4n) is 4.14. The average Bonchev–Trinajstić information content (AvgIpc) is 3.30. The molecule has 1 N–H and O–H groups in total. The Kier molecular flexibility index (Phi) is 5.59. The van der Waals surface area contributed by atoms with Crippen molar-refractivity contribution in [2.45, 2.75) is 19.5 Å². The molecule has 170 valence electrons. The van der Waals surface area contributed by atoms with Crippen LogP contribution in [0.1, 0.15) is 18.7 Å². The van der Waals surface area contributed by atoms with Gasteiger partial charge in [0.25, 0.3) is 5.91 Å². The van der Waals surface area contributed by atoms with Crippen LogP contribution in [0.15, 0.2) is 88.1 Å². The van der Waals surface area contributed by atoms with Gasteiger partial charge in [-0.3, -0.25) is 14.4 Å². The van der Waals surface area contributed by atoms with Crippen molar-refractivity contribution >= 4 is 44.7 Å². The highest BCUT2D eigenvalue weighted by molar-refractivity contribution is 5.94. The number of furan rings is 1. The van der Waals surface area contributed by atoms with Crippen LogP contribution in [-0.2, 0) is 20.9 Å². The van der Waals surface area contributed by atoms with Crippen molar-refractivity contribution in [1.29, 1.82) is 0 Å². The van der Waals surface area contributed by atoms with Gasteiger partial charge < -0.3 is 19.0 Å². The lowest BCUT2D eigenvalue weighted by atomic mass is 10.1. The molecule has 0 saturated carbocycles. The van der Waals surface area contributed by atoms with Gasteiger partial charge in [-0.2, -0.15) is 0 Å². The van der Waals surface area contributed by atoms with Crippen molar-refractivity contribution in [3.63, 3.8) is 0 Å². The second kappa shape index (κ2) is 8.86. The molecule has 2 aromatic heterocycles. The molecule has 7 nitrogen and oxygen atoms in total. The summed E-state index contributed by atoms with van der Waals surface area (Å²) in [5.74, 6) is -0.395. The lowest BCUT2D eigenvalue weighted by Gasteiger charge is -2.15. The number of benzene rings is 3. The zero-order valence-corrected chi connectivity index (χ0v) is 18.5. The Morgan fingerprint density at radius 3 is 2.24 bits per heavy atom. The van der Waals surface area contributed by atoms with Crippen molar-refractivity contribution < 1.29 is 18.7 Å². The Balaban J connectivity index is 1.28. The summed E-state index contributed by atoms with van der Waals surface area (Å²) in [6.45, 7) is 1.25. The SMILES string of the molecule is CC(NC(=O)COC(=O)Cn1c2ccccc2c(=O)c2ccccc21)c1cc2ccccc2o1. The Labute approximate surface area is 194 Å². The van der Waals surface area contributed by atoms with Crippen LogP contribution in [0.4, 0.5) is 0 Å². The molecule has 0 aliphatic carbocycles. The van der Waals surface area contributed by atoms with Crippen molar-refractivity contribution in [2.24, 2.45) is 0 Å². The molecule has 0 aliphatic heterocycles. The zero-order valence-electron chi connectivity index (χ0n) is 18.5. The Hall–Kier alpha value is -4.39. The first-order valence-corrected chi connectivity index (χ1v) is 10.9. The van der Waals surface area contributed by atoms with E-state index in [1.54, 1.807) is 47.9 Å². The maximum absolute atomic E-state index is 12.8. The van der Waals surface area contributed by atoms with Crippen molar-refractivity contribution in [2.75, 3.05) is 6.61 Å². The fourth-order valence-corrected chi connectivity index (χ4v) is 4.14. The normalized spacial score (nSPS) is 12.1. The molecule has 0 bridgehead atoms. The molecule has 0 radical (unpaired) electrons. The minimum absolute atomic E-state index is 0.0882. The van der Waals surface area contributed by atoms with Gasteiger partial charge in [0.2, 0.25) is 0 Å². The number of aromatic nitrogens is 1. The van der Waals surface area contributed by atoms with Crippen LogP contribution in [0.5, 0.6) is 0 Å². The maximum atomic E-state index is 12.8. The first-order valence-electron chi connectivity index (χ1n) is 10.9. The molecule has 1 unspecified atom stereocenters. The Morgan fingerprint density at radius 2 is 1.56 bits per heavy atom. The predicted octanol–water partition coefficient (Wildman–Crippen LogP) is 4.32. The van der Waals surface area contributed by atoms with Crippen LogP contribution in [0.2, 0.25) is 0 Å². The first-order chi connectivity index (χ1) is 16.5. The third-order valence-electron chi connectivity index (χ3n) is 5.78. The monoisotopic (exact) mass is 454 g/mol. The van der Waals surface area contributed by atoms with E-state index in [1.165, 1.54) is 0 Å². The summed E-state index contributed by atoms with van der Waals surface area (Å²) in [6, 6.07) is 23.3. The molecule has 3 aromatic carbocycles. The number of rotatable bonds is 6. The maximum Gasteiger partial charge on any atom is 0.326 e. The van der Waals surface area contributed by atoms with E-state index < -0.39 is 18.5 Å². The van der Waals surface area contributed by atoms with E-state index in [2.05, 4.69) is 5.32 Å². The molecule has 1 atom stereocenters. The fraction of sp³-hybridized carbons (Fsp3) is 0.148. The number of amides is 1. The van der Waals surface area contributed by atoms with Crippen LogP contribution in [0.3, 0.4) is 0 Å². The lowest BCUT2D eigenvalue weighted by Crippen LogP contribution is -2.31. The first kappa shape index (κ1) is 21.5. The van der Waals surface area contributed by atoms with Gasteiger partial charge in [0.15, 0.2) is 12.0 Å². The molecular weight excluding hydrogens is 432 g/mol. The van der Waals surface area contributed by atoms with Crippen LogP contribution in [0.25, 0.3) is 32.8 Å². The number of carbonyl (C=O) groups is 2. The molecule has 5 aromatic rings. The van der Waals surface area contributed by atoms with Gasteiger partial charge in [-0.1, -0.05) is 42.5 Å². The number of carbonyl (C=O) groups excluding carboxylic acids is 2.